The molecule has 0 aliphatic rings. The first kappa shape index (κ1) is 8.17. The van der Waals surface area contributed by atoms with Crippen LogP contribution in [0, 0.1) is 0 Å². The Balaban J connectivity index is 2.74. The molecular weight excluding hydrogens is 140 g/mol. The van der Waals surface area contributed by atoms with Gasteiger partial charge in [0.15, 0.2) is 0 Å². The average molecular weight is 152 g/mol. The molecule has 0 bridgehead atoms. The number of hydrogen-bond acceptors (Lipinski definition) is 3. The predicted octanol–water partition coefficient (Wildman–Crippen LogP) is 0.334. The van der Waals surface area contributed by atoms with E-state index in [4.69, 9.17) is 5.11 Å². The SMILES string of the molecule is CN[C@H](CO)c1ccncc1. The zero-order valence-corrected chi connectivity index (χ0v) is 6.49. The Hall–Kier alpha value is -0.930. The third kappa shape index (κ3) is 2.00. The molecule has 1 aromatic rings. The summed E-state index contributed by atoms with van der Waals surface area (Å²) in [6, 6.07) is 3.80. The second kappa shape index (κ2) is 4.05. The normalized spacial score (nSPS) is 12.9. The van der Waals surface area contributed by atoms with Gasteiger partial charge < -0.3 is 10.4 Å². The molecule has 1 heterocycles. The predicted molar refractivity (Wildman–Crippen MR) is 43.1 cm³/mol. The highest BCUT2D eigenvalue weighted by Gasteiger charge is 2.04. The summed E-state index contributed by atoms with van der Waals surface area (Å²) in [5.74, 6) is 0. The van der Waals surface area contributed by atoms with Crippen LogP contribution in [0.15, 0.2) is 24.5 Å². The highest BCUT2D eigenvalue weighted by atomic mass is 16.3. The minimum Gasteiger partial charge on any atom is -0.394 e. The van der Waals surface area contributed by atoms with E-state index in [9.17, 15) is 0 Å². The first-order chi connectivity index (χ1) is 5.38. The molecule has 3 nitrogen and oxygen atoms in total. The van der Waals surface area contributed by atoms with Gasteiger partial charge in [0, 0.05) is 12.4 Å². The highest BCUT2D eigenvalue weighted by molar-refractivity contribution is 5.14. The highest BCUT2D eigenvalue weighted by Crippen LogP contribution is 2.08. The molecule has 1 rings (SSSR count). The average Bonchev–Trinajstić information content (AvgIpc) is 2.09. The molecule has 0 amide bonds. The van der Waals surface area contributed by atoms with E-state index in [0.29, 0.717) is 0 Å². The summed E-state index contributed by atoms with van der Waals surface area (Å²) in [5, 5.41) is 11.9. The molecule has 11 heavy (non-hydrogen) atoms. The Morgan fingerprint density at radius 3 is 2.64 bits per heavy atom. The van der Waals surface area contributed by atoms with Crippen LogP contribution in [0.4, 0.5) is 0 Å². The van der Waals surface area contributed by atoms with Gasteiger partial charge in [-0.25, -0.2) is 0 Å². The van der Waals surface area contributed by atoms with Crippen LogP contribution in [0.2, 0.25) is 0 Å². The first-order valence-electron chi connectivity index (χ1n) is 3.56. The maximum absolute atomic E-state index is 8.90. The maximum Gasteiger partial charge on any atom is 0.0626 e. The topological polar surface area (TPSA) is 45.1 Å². The van der Waals surface area contributed by atoms with E-state index in [1.165, 1.54) is 0 Å². The zero-order chi connectivity index (χ0) is 8.10. The van der Waals surface area contributed by atoms with Gasteiger partial charge in [0.1, 0.15) is 0 Å². The molecular formula is C8H12N2O. The molecule has 0 saturated heterocycles. The van der Waals surface area contributed by atoms with Crippen LogP contribution in [0.3, 0.4) is 0 Å². The Labute approximate surface area is 66.1 Å². The number of pyridine rings is 1. The fourth-order valence-corrected chi connectivity index (χ4v) is 0.959. The van der Waals surface area contributed by atoms with Gasteiger partial charge in [-0.2, -0.15) is 0 Å². The lowest BCUT2D eigenvalue weighted by atomic mass is 10.1. The van der Waals surface area contributed by atoms with Gasteiger partial charge in [-0.15, -0.1) is 0 Å². The summed E-state index contributed by atoms with van der Waals surface area (Å²) in [6.07, 6.45) is 3.44. The molecule has 0 saturated carbocycles. The summed E-state index contributed by atoms with van der Waals surface area (Å²) in [7, 11) is 1.82. The van der Waals surface area contributed by atoms with Crippen molar-refractivity contribution in [3.8, 4) is 0 Å². The summed E-state index contributed by atoms with van der Waals surface area (Å²) in [4.78, 5) is 3.89. The molecule has 0 aliphatic heterocycles. The lowest BCUT2D eigenvalue weighted by Crippen LogP contribution is -2.19. The summed E-state index contributed by atoms with van der Waals surface area (Å²) >= 11 is 0. The third-order valence-electron chi connectivity index (χ3n) is 1.64. The van der Waals surface area contributed by atoms with Crippen molar-refractivity contribution < 1.29 is 5.11 Å². The van der Waals surface area contributed by atoms with Gasteiger partial charge in [-0.05, 0) is 24.7 Å². The Bertz CT molecular complexity index is 197. The van der Waals surface area contributed by atoms with Crippen molar-refractivity contribution in [1.82, 2.24) is 10.3 Å². The molecule has 0 radical (unpaired) electrons. The number of aliphatic hydroxyl groups excluding tert-OH is 1. The molecule has 0 unspecified atom stereocenters. The minimum atomic E-state index is 0.0259. The zero-order valence-electron chi connectivity index (χ0n) is 6.49. The van der Waals surface area contributed by atoms with Crippen LogP contribution >= 0.6 is 0 Å². The minimum absolute atomic E-state index is 0.0259. The fourth-order valence-electron chi connectivity index (χ4n) is 0.959. The van der Waals surface area contributed by atoms with Gasteiger partial charge in [0.2, 0.25) is 0 Å². The number of aliphatic hydroxyl groups is 1. The van der Waals surface area contributed by atoms with E-state index < -0.39 is 0 Å². The van der Waals surface area contributed by atoms with Crippen LogP contribution in [0.25, 0.3) is 0 Å². The summed E-state index contributed by atoms with van der Waals surface area (Å²) < 4.78 is 0. The van der Waals surface area contributed by atoms with E-state index in [0.717, 1.165) is 5.56 Å². The second-order valence-electron chi connectivity index (χ2n) is 2.30. The second-order valence-corrected chi connectivity index (χ2v) is 2.30. The van der Waals surface area contributed by atoms with Crippen molar-refractivity contribution in [2.75, 3.05) is 13.7 Å². The van der Waals surface area contributed by atoms with Gasteiger partial charge in [-0.3, -0.25) is 4.98 Å². The van der Waals surface area contributed by atoms with E-state index >= 15 is 0 Å². The Morgan fingerprint density at radius 2 is 2.18 bits per heavy atom. The van der Waals surface area contributed by atoms with Crippen molar-refractivity contribution in [1.29, 1.82) is 0 Å². The number of likely N-dealkylation sites (N-methyl/N-ethyl adjacent to an activating group) is 1. The van der Waals surface area contributed by atoms with Crippen molar-refractivity contribution in [3.63, 3.8) is 0 Å². The third-order valence-corrected chi connectivity index (χ3v) is 1.64. The lowest BCUT2D eigenvalue weighted by Gasteiger charge is -2.11. The molecule has 0 fully saturated rings. The van der Waals surface area contributed by atoms with Gasteiger partial charge in [-0.1, -0.05) is 0 Å². The van der Waals surface area contributed by atoms with Gasteiger partial charge in [0.25, 0.3) is 0 Å². The molecule has 3 heteroatoms. The summed E-state index contributed by atoms with van der Waals surface area (Å²) in [6.45, 7) is 0.112. The van der Waals surface area contributed by atoms with Crippen molar-refractivity contribution in [3.05, 3.63) is 30.1 Å². The number of hydrogen-bond donors (Lipinski definition) is 2. The van der Waals surface area contributed by atoms with Crippen LogP contribution < -0.4 is 5.32 Å². The monoisotopic (exact) mass is 152 g/mol. The van der Waals surface area contributed by atoms with Crippen molar-refractivity contribution >= 4 is 0 Å². The van der Waals surface area contributed by atoms with Gasteiger partial charge >= 0.3 is 0 Å². The van der Waals surface area contributed by atoms with Gasteiger partial charge in [0.05, 0.1) is 12.6 Å². The van der Waals surface area contributed by atoms with Crippen LogP contribution in [0.1, 0.15) is 11.6 Å². The van der Waals surface area contributed by atoms with E-state index in [2.05, 4.69) is 10.3 Å². The summed E-state index contributed by atoms with van der Waals surface area (Å²) in [5.41, 5.74) is 1.06. The lowest BCUT2D eigenvalue weighted by molar-refractivity contribution is 0.251. The standard InChI is InChI=1S/C8H12N2O/c1-9-8(6-11)7-2-4-10-5-3-7/h2-5,8-9,11H,6H2,1H3/t8-/m1/s1. The number of nitrogens with one attached hydrogen (secondary N) is 1. The molecule has 0 aromatic carbocycles. The first-order valence-corrected chi connectivity index (χ1v) is 3.56. The van der Waals surface area contributed by atoms with Crippen LogP contribution in [-0.2, 0) is 0 Å². The Morgan fingerprint density at radius 1 is 1.55 bits per heavy atom. The van der Waals surface area contributed by atoms with E-state index in [-0.39, 0.29) is 12.6 Å². The molecule has 0 spiro atoms. The van der Waals surface area contributed by atoms with E-state index in [1.807, 2.05) is 19.2 Å². The molecule has 60 valence electrons. The van der Waals surface area contributed by atoms with Crippen molar-refractivity contribution in [2.45, 2.75) is 6.04 Å². The van der Waals surface area contributed by atoms with Crippen molar-refractivity contribution in [2.24, 2.45) is 0 Å². The molecule has 1 aromatic heterocycles. The molecule has 0 aliphatic carbocycles. The largest absolute Gasteiger partial charge is 0.394 e. The molecule has 1 atom stereocenters. The number of nitrogens with zero attached hydrogens (tertiary/aromatic N) is 1. The van der Waals surface area contributed by atoms with Crippen LogP contribution in [0.5, 0.6) is 0 Å². The number of aromatic nitrogens is 1. The van der Waals surface area contributed by atoms with Crippen LogP contribution in [-0.4, -0.2) is 23.7 Å². The quantitative estimate of drug-likeness (QED) is 0.656. The Kier molecular flexibility index (Phi) is 3.01. The van der Waals surface area contributed by atoms with E-state index in [1.54, 1.807) is 12.4 Å². The smallest absolute Gasteiger partial charge is 0.0626 e. The fraction of sp³-hybridized carbons (Fsp3) is 0.375. The molecule has 2 N–H and O–H groups in total. The maximum atomic E-state index is 8.90. The number of rotatable bonds is 3.